The zero-order valence-electron chi connectivity index (χ0n) is 25.8. The summed E-state index contributed by atoms with van der Waals surface area (Å²) in [6, 6.07) is 18.1. The van der Waals surface area contributed by atoms with E-state index >= 15 is 0 Å². The number of aromatic nitrogens is 1. The molecule has 7 nitrogen and oxygen atoms in total. The van der Waals surface area contributed by atoms with E-state index in [-0.39, 0.29) is 5.82 Å². The van der Waals surface area contributed by atoms with Gasteiger partial charge < -0.3 is 19.3 Å². The number of benzene rings is 3. The van der Waals surface area contributed by atoms with Crippen LogP contribution in [0.3, 0.4) is 0 Å². The molecular weight excluding hydrogens is 589 g/mol. The Morgan fingerprint density at radius 3 is 1.80 bits per heavy atom. The normalized spacial score (nSPS) is 18.7. The fourth-order valence-corrected chi connectivity index (χ4v) is 8.05. The van der Waals surface area contributed by atoms with E-state index in [1.807, 2.05) is 6.07 Å². The second-order valence-electron chi connectivity index (χ2n) is 12.8. The van der Waals surface area contributed by atoms with Crippen LogP contribution in [0.2, 0.25) is 0 Å². The zero-order valence-corrected chi connectivity index (χ0v) is 26.6. The molecule has 3 aromatic carbocycles. The number of piperazine rings is 2. The van der Waals surface area contributed by atoms with Crippen LogP contribution < -0.4 is 19.3 Å². The quantitative estimate of drug-likeness (QED) is 0.261. The Morgan fingerprint density at radius 2 is 1.22 bits per heavy atom. The number of halogens is 2. The summed E-state index contributed by atoms with van der Waals surface area (Å²) in [7, 11) is 0. The smallest absolute Gasteiger partial charge is 0.145 e. The number of para-hydroxylation sites is 2. The second-order valence-corrected chi connectivity index (χ2v) is 13.1. The minimum absolute atomic E-state index is 0.212. The van der Waals surface area contributed by atoms with Crippen molar-refractivity contribution in [2.24, 2.45) is 0 Å². The molecule has 0 aliphatic carbocycles. The van der Waals surface area contributed by atoms with E-state index < -0.39 is 0 Å². The fraction of sp³-hybridized carbons (Fsp3) is 0.444. The summed E-state index contributed by atoms with van der Waals surface area (Å²) in [5.41, 5.74) is 8.31. The molecule has 0 spiro atoms. The number of hydrogen-bond acceptors (Lipinski definition) is 6. The number of ether oxygens (including phenoxy) is 2. The first kappa shape index (κ1) is 29.0. The van der Waals surface area contributed by atoms with Crippen LogP contribution in [0.15, 0.2) is 54.6 Å². The number of hydrogen-bond donors (Lipinski definition) is 0. The molecule has 0 N–H and O–H groups in total. The van der Waals surface area contributed by atoms with Crippen LogP contribution >= 0.6 is 11.8 Å². The van der Waals surface area contributed by atoms with Crippen molar-refractivity contribution in [3.8, 4) is 11.5 Å². The largest absolute Gasteiger partial charge is 0.491 e. The van der Waals surface area contributed by atoms with E-state index in [4.69, 9.17) is 21.3 Å². The molecule has 8 rings (SSSR count). The summed E-state index contributed by atoms with van der Waals surface area (Å²) in [4.78, 5) is 9.99. The third-order valence-electron chi connectivity index (χ3n) is 10.2. The first-order valence-corrected chi connectivity index (χ1v) is 16.9. The van der Waals surface area contributed by atoms with Crippen molar-refractivity contribution >= 4 is 34.1 Å². The number of fused-ring (bicyclic) bond motifs is 3. The Labute approximate surface area is 269 Å². The van der Waals surface area contributed by atoms with E-state index in [0.717, 1.165) is 132 Å². The van der Waals surface area contributed by atoms with Crippen molar-refractivity contribution in [1.29, 1.82) is 0 Å². The molecule has 1 aromatic heterocycles. The van der Waals surface area contributed by atoms with Gasteiger partial charge in [0.1, 0.15) is 17.3 Å². The molecule has 0 amide bonds. The van der Waals surface area contributed by atoms with Crippen molar-refractivity contribution in [2.75, 3.05) is 88.5 Å². The van der Waals surface area contributed by atoms with Crippen molar-refractivity contribution in [2.45, 2.75) is 25.7 Å². The molecule has 4 aromatic rings. The van der Waals surface area contributed by atoms with Gasteiger partial charge in [0.15, 0.2) is 0 Å². The highest BCUT2D eigenvalue weighted by Crippen LogP contribution is 2.38. The van der Waals surface area contributed by atoms with Crippen LogP contribution in [0, 0.1) is 5.82 Å². The SMILES string of the molecule is Fc1ccc2c(c1)c(CCN1CCN(c3cccc4c3OCC4)CC1)c(CCN1CCN(c3cccc4c3OCC4)CC1)n2Cl. The molecule has 0 saturated carbocycles. The Hall–Kier alpha value is -3.46. The highest BCUT2D eigenvalue weighted by Gasteiger charge is 2.26. The number of nitrogens with zero attached hydrogens (tertiary/aromatic N) is 5. The summed E-state index contributed by atoms with van der Waals surface area (Å²) in [6.07, 6.45) is 3.70. The van der Waals surface area contributed by atoms with Gasteiger partial charge >= 0.3 is 0 Å². The predicted octanol–water partition coefficient (Wildman–Crippen LogP) is 5.38. The van der Waals surface area contributed by atoms with Crippen LogP contribution in [0.25, 0.3) is 10.9 Å². The maximum Gasteiger partial charge on any atom is 0.145 e. The maximum atomic E-state index is 14.5. The molecule has 9 heteroatoms. The first-order valence-electron chi connectivity index (χ1n) is 16.5. The highest BCUT2D eigenvalue weighted by molar-refractivity contribution is 6.20. The topological polar surface area (TPSA) is 36.4 Å². The van der Waals surface area contributed by atoms with E-state index in [1.165, 1.54) is 34.1 Å². The Bertz CT molecular complexity index is 1690. The monoisotopic (exact) mass is 629 g/mol. The van der Waals surface area contributed by atoms with E-state index in [0.29, 0.717) is 0 Å². The van der Waals surface area contributed by atoms with Crippen molar-refractivity contribution < 1.29 is 13.9 Å². The third-order valence-corrected chi connectivity index (χ3v) is 10.6. The molecule has 5 heterocycles. The minimum atomic E-state index is -0.212. The summed E-state index contributed by atoms with van der Waals surface area (Å²) >= 11 is 6.97. The van der Waals surface area contributed by atoms with E-state index in [2.05, 4.69) is 56.0 Å². The van der Waals surface area contributed by atoms with Gasteiger partial charge in [-0.3, -0.25) is 13.9 Å². The van der Waals surface area contributed by atoms with Gasteiger partial charge in [-0.2, -0.15) is 0 Å². The first-order chi connectivity index (χ1) is 22.1. The van der Waals surface area contributed by atoms with Crippen LogP contribution in [0.4, 0.5) is 15.8 Å². The molecule has 0 radical (unpaired) electrons. The van der Waals surface area contributed by atoms with Crippen LogP contribution in [0.1, 0.15) is 22.4 Å². The highest BCUT2D eigenvalue weighted by atomic mass is 35.5. The Kier molecular flexibility index (Phi) is 7.97. The summed E-state index contributed by atoms with van der Waals surface area (Å²) in [6.45, 7) is 11.3. The van der Waals surface area contributed by atoms with Crippen molar-refractivity contribution in [3.05, 3.63) is 82.8 Å². The molecule has 4 aliphatic heterocycles. The lowest BCUT2D eigenvalue weighted by Crippen LogP contribution is -2.47. The summed E-state index contributed by atoms with van der Waals surface area (Å²) < 4.78 is 28.2. The molecule has 0 atom stereocenters. The van der Waals surface area contributed by atoms with Gasteiger partial charge in [-0.15, -0.1) is 0 Å². The molecule has 2 fully saturated rings. The fourth-order valence-electron chi connectivity index (χ4n) is 7.72. The molecular formula is C36H41ClFN5O2. The van der Waals surface area contributed by atoms with Gasteiger partial charge in [-0.1, -0.05) is 24.3 Å². The van der Waals surface area contributed by atoms with E-state index in [9.17, 15) is 4.39 Å². The van der Waals surface area contributed by atoms with Gasteiger partial charge in [0.25, 0.3) is 0 Å². The van der Waals surface area contributed by atoms with Gasteiger partial charge in [-0.05, 0) is 53.4 Å². The average Bonchev–Trinajstić information content (AvgIpc) is 3.81. The Balaban J connectivity index is 0.917. The molecule has 45 heavy (non-hydrogen) atoms. The van der Waals surface area contributed by atoms with Crippen LogP contribution in [0.5, 0.6) is 11.5 Å². The lowest BCUT2D eigenvalue weighted by molar-refractivity contribution is 0.256. The summed E-state index contributed by atoms with van der Waals surface area (Å²) in [5, 5.41) is 0.943. The Morgan fingerprint density at radius 1 is 0.667 bits per heavy atom. The second kappa shape index (κ2) is 12.4. The lowest BCUT2D eigenvalue weighted by atomic mass is 10.0. The van der Waals surface area contributed by atoms with Crippen molar-refractivity contribution in [1.82, 2.24) is 13.9 Å². The molecule has 4 aliphatic rings. The summed E-state index contributed by atoms with van der Waals surface area (Å²) in [5.74, 6) is 1.94. The lowest BCUT2D eigenvalue weighted by Gasteiger charge is -2.37. The van der Waals surface area contributed by atoms with Gasteiger partial charge in [0.2, 0.25) is 0 Å². The minimum Gasteiger partial charge on any atom is -0.491 e. The van der Waals surface area contributed by atoms with E-state index in [1.54, 1.807) is 10.2 Å². The van der Waals surface area contributed by atoms with Crippen molar-refractivity contribution in [3.63, 3.8) is 0 Å². The van der Waals surface area contributed by atoms with Gasteiger partial charge in [0, 0.05) is 108 Å². The molecule has 2 saturated heterocycles. The maximum absolute atomic E-state index is 14.5. The standard InChI is InChI=1S/C36H41ClFN5O2/c37-43-31-8-7-28(38)25-30(31)29(9-13-39-15-19-41(20-16-39)33-5-1-3-26-11-23-44-35(26)33)32(43)10-14-40-17-21-42(22-18-40)34-6-2-4-27-12-24-45-36(27)34/h1-8,25H,9-24H2. The molecule has 236 valence electrons. The van der Waals surface area contributed by atoms with Gasteiger partial charge in [0.05, 0.1) is 30.1 Å². The number of anilines is 2. The zero-order chi connectivity index (χ0) is 30.3. The molecule has 0 bridgehead atoms. The third kappa shape index (κ3) is 5.62. The number of rotatable bonds is 8. The van der Waals surface area contributed by atoms with Crippen LogP contribution in [-0.4, -0.2) is 92.5 Å². The molecule has 0 unspecified atom stereocenters. The average molecular weight is 630 g/mol. The van der Waals surface area contributed by atoms with Gasteiger partial charge in [-0.25, -0.2) is 4.39 Å². The predicted molar refractivity (Wildman–Crippen MR) is 179 cm³/mol. The van der Waals surface area contributed by atoms with Crippen LogP contribution in [-0.2, 0) is 25.7 Å².